The average molecular weight is 471 g/mol. The molecule has 3 heterocycles. The number of aromatic nitrogens is 4. The molecule has 0 aliphatic carbocycles. The van der Waals surface area contributed by atoms with Crippen LogP contribution in [0.1, 0.15) is 35.1 Å². The van der Waals surface area contributed by atoms with Crippen LogP contribution in [0.15, 0.2) is 53.5 Å². The Bertz CT molecular complexity index is 1460. The number of rotatable bonds is 3. The van der Waals surface area contributed by atoms with E-state index >= 15 is 0 Å². The Morgan fingerprint density at radius 1 is 1.09 bits per heavy atom. The summed E-state index contributed by atoms with van der Waals surface area (Å²) in [6.45, 7) is 5.31. The zero-order chi connectivity index (χ0) is 23.9. The first-order valence-electron chi connectivity index (χ1n) is 9.94. The molecule has 4 aromatic rings. The van der Waals surface area contributed by atoms with Gasteiger partial charge in [-0.05, 0) is 86.0 Å². The van der Waals surface area contributed by atoms with Crippen LogP contribution < -0.4 is 5.43 Å². The van der Waals surface area contributed by atoms with E-state index in [0.29, 0.717) is 27.5 Å². The fraction of sp³-hybridized carbons (Fsp3) is 0.167. The molecule has 0 spiro atoms. The first-order chi connectivity index (χ1) is 15.5. The molecule has 0 N–H and O–H groups in total. The van der Waals surface area contributed by atoms with Gasteiger partial charge in [-0.25, -0.2) is 9.67 Å². The third-order valence-corrected chi connectivity index (χ3v) is 5.46. The number of hydrogen-bond donors (Lipinski definition) is 0. The monoisotopic (exact) mass is 470 g/mol. The Hall–Kier alpha value is -3.52. The topological polar surface area (TPSA) is 60.7 Å². The van der Waals surface area contributed by atoms with Crippen LogP contribution in [-0.2, 0) is 6.18 Å². The molecule has 0 aliphatic rings. The van der Waals surface area contributed by atoms with E-state index in [-0.39, 0.29) is 16.8 Å². The zero-order valence-corrected chi connectivity index (χ0v) is 18.7. The van der Waals surface area contributed by atoms with E-state index in [0.717, 1.165) is 17.8 Å². The fourth-order valence-corrected chi connectivity index (χ4v) is 3.50. The molecule has 5 nitrogen and oxygen atoms in total. The summed E-state index contributed by atoms with van der Waals surface area (Å²) in [4.78, 5) is 21.2. The smallest absolute Gasteiger partial charge is 0.285 e. The Labute approximate surface area is 192 Å². The number of nitrogens with zero attached hydrogens (tertiary/aromatic N) is 4. The van der Waals surface area contributed by atoms with Gasteiger partial charge >= 0.3 is 6.18 Å². The summed E-state index contributed by atoms with van der Waals surface area (Å²) >= 11 is 6.02. The lowest BCUT2D eigenvalue weighted by atomic mass is 10.1. The number of benzene rings is 1. The van der Waals surface area contributed by atoms with E-state index in [2.05, 4.69) is 15.1 Å². The van der Waals surface area contributed by atoms with E-state index in [1.54, 1.807) is 42.8 Å². The van der Waals surface area contributed by atoms with Crippen molar-refractivity contribution in [2.75, 3.05) is 0 Å². The van der Waals surface area contributed by atoms with Crippen molar-refractivity contribution in [2.24, 2.45) is 0 Å². The lowest BCUT2D eigenvalue weighted by Gasteiger charge is -2.14. The standard InChI is InChI=1S/C24H18ClF3N4O/c1-13-11-19-22(30-15(13)3)23(33)21(31-32(19)18-6-4-17(25)5-7-18)14(2)10-16-8-9-29-20(12-16)24(26,27)28/h4-12H,1-3H3/b14-10+. The SMILES string of the molecule is C/C(=C\c1ccnc(C(F)(F)F)c1)c1nn(-c2ccc(Cl)cc2)c2cc(C)c(C)nc2c1=O. The molecule has 0 radical (unpaired) electrons. The van der Waals surface area contributed by atoms with Crippen LogP contribution in [0.25, 0.3) is 28.4 Å². The largest absolute Gasteiger partial charge is 0.433 e. The number of alkyl halides is 3. The van der Waals surface area contributed by atoms with Gasteiger partial charge in [0, 0.05) is 16.9 Å². The van der Waals surface area contributed by atoms with Crippen LogP contribution in [0.2, 0.25) is 5.02 Å². The summed E-state index contributed by atoms with van der Waals surface area (Å²) < 4.78 is 40.7. The molecule has 0 unspecified atom stereocenters. The minimum Gasteiger partial charge on any atom is -0.285 e. The van der Waals surface area contributed by atoms with Gasteiger partial charge in [0.15, 0.2) is 0 Å². The predicted octanol–water partition coefficient (Wildman–Crippen LogP) is 6.03. The van der Waals surface area contributed by atoms with Gasteiger partial charge in [-0.2, -0.15) is 18.3 Å². The first-order valence-corrected chi connectivity index (χ1v) is 10.3. The highest BCUT2D eigenvalue weighted by Gasteiger charge is 2.32. The Morgan fingerprint density at radius 2 is 1.79 bits per heavy atom. The normalized spacial score (nSPS) is 12.4. The molecule has 0 saturated carbocycles. The van der Waals surface area contributed by atoms with Gasteiger partial charge in [0.25, 0.3) is 0 Å². The third kappa shape index (κ3) is 4.52. The lowest BCUT2D eigenvalue weighted by molar-refractivity contribution is -0.141. The second-order valence-electron chi connectivity index (χ2n) is 7.62. The minimum absolute atomic E-state index is 0.0820. The number of fused-ring (bicyclic) bond motifs is 1. The maximum absolute atomic E-state index is 13.3. The summed E-state index contributed by atoms with van der Waals surface area (Å²) in [6, 6.07) is 11.1. The molecule has 9 heteroatoms. The number of hydrogen-bond acceptors (Lipinski definition) is 4. The third-order valence-electron chi connectivity index (χ3n) is 5.21. The number of allylic oxidation sites excluding steroid dienone is 1. The van der Waals surface area contributed by atoms with Gasteiger partial charge < -0.3 is 0 Å². The molecule has 0 atom stereocenters. The summed E-state index contributed by atoms with van der Waals surface area (Å²) in [5, 5.41) is 5.10. The summed E-state index contributed by atoms with van der Waals surface area (Å²) in [7, 11) is 0. The van der Waals surface area contributed by atoms with Crippen molar-refractivity contribution < 1.29 is 13.2 Å². The minimum atomic E-state index is -4.57. The van der Waals surface area contributed by atoms with Crippen molar-refractivity contribution in [1.29, 1.82) is 0 Å². The highest BCUT2D eigenvalue weighted by Crippen LogP contribution is 2.28. The Kier molecular flexibility index (Phi) is 5.80. The van der Waals surface area contributed by atoms with Crippen LogP contribution in [0, 0.1) is 13.8 Å². The molecule has 0 amide bonds. The van der Waals surface area contributed by atoms with E-state index in [4.69, 9.17) is 11.6 Å². The molecule has 1 aromatic carbocycles. The number of halogens is 4. The number of pyridine rings is 2. The molecule has 0 bridgehead atoms. The van der Waals surface area contributed by atoms with Gasteiger partial charge in [-0.15, -0.1) is 0 Å². The van der Waals surface area contributed by atoms with Gasteiger partial charge in [-0.1, -0.05) is 11.6 Å². The molecule has 33 heavy (non-hydrogen) atoms. The van der Waals surface area contributed by atoms with Crippen molar-refractivity contribution in [3.8, 4) is 5.69 Å². The van der Waals surface area contributed by atoms with Crippen molar-refractivity contribution >= 4 is 34.3 Å². The van der Waals surface area contributed by atoms with Crippen molar-refractivity contribution in [1.82, 2.24) is 19.7 Å². The molecular weight excluding hydrogens is 453 g/mol. The summed E-state index contributed by atoms with van der Waals surface area (Å²) in [6.07, 6.45) is -2.02. The van der Waals surface area contributed by atoms with Crippen molar-refractivity contribution in [2.45, 2.75) is 26.9 Å². The molecule has 168 valence electrons. The molecule has 3 aromatic heterocycles. The number of aryl methyl sites for hydroxylation is 2. The molecular formula is C24H18ClF3N4O. The van der Waals surface area contributed by atoms with Crippen LogP contribution in [0.5, 0.6) is 0 Å². The quantitative estimate of drug-likeness (QED) is 0.367. The molecule has 0 saturated heterocycles. The van der Waals surface area contributed by atoms with Crippen LogP contribution in [0.4, 0.5) is 13.2 Å². The first kappa shape index (κ1) is 22.7. The maximum atomic E-state index is 13.3. The zero-order valence-electron chi connectivity index (χ0n) is 17.9. The van der Waals surface area contributed by atoms with Crippen molar-refractivity contribution in [3.05, 3.63) is 92.1 Å². The Morgan fingerprint density at radius 3 is 2.45 bits per heavy atom. The molecule has 4 rings (SSSR count). The van der Waals surface area contributed by atoms with E-state index in [9.17, 15) is 18.0 Å². The van der Waals surface area contributed by atoms with Crippen LogP contribution in [-0.4, -0.2) is 19.7 Å². The van der Waals surface area contributed by atoms with E-state index in [1.807, 2.05) is 13.0 Å². The van der Waals surface area contributed by atoms with Crippen molar-refractivity contribution in [3.63, 3.8) is 0 Å². The van der Waals surface area contributed by atoms with Gasteiger partial charge in [0.1, 0.15) is 16.9 Å². The average Bonchev–Trinajstić information content (AvgIpc) is 2.76. The highest BCUT2D eigenvalue weighted by molar-refractivity contribution is 6.30. The summed E-state index contributed by atoms with van der Waals surface area (Å²) in [5.41, 5.74) is 2.30. The van der Waals surface area contributed by atoms with Gasteiger partial charge in [0.2, 0.25) is 5.43 Å². The van der Waals surface area contributed by atoms with Crippen LogP contribution in [0.3, 0.4) is 0 Å². The fourth-order valence-electron chi connectivity index (χ4n) is 3.38. The Balaban J connectivity index is 1.95. The van der Waals surface area contributed by atoms with Crippen LogP contribution >= 0.6 is 11.6 Å². The van der Waals surface area contributed by atoms with Gasteiger partial charge in [0.05, 0.1) is 11.2 Å². The predicted molar refractivity (Wildman–Crippen MR) is 122 cm³/mol. The maximum Gasteiger partial charge on any atom is 0.433 e. The van der Waals surface area contributed by atoms with E-state index in [1.165, 1.54) is 12.1 Å². The highest BCUT2D eigenvalue weighted by atomic mass is 35.5. The lowest BCUT2D eigenvalue weighted by Crippen LogP contribution is -2.19. The molecule has 0 fully saturated rings. The van der Waals surface area contributed by atoms with E-state index < -0.39 is 17.3 Å². The van der Waals surface area contributed by atoms with Gasteiger partial charge in [-0.3, -0.25) is 9.78 Å². The second kappa shape index (κ2) is 8.44. The second-order valence-corrected chi connectivity index (χ2v) is 8.06. The molecule has 0 aliphatic heterocycles. The summed E-state index contributed by atoms with van der Waals surface area (Å²) in [5.74, 6) is 0.